The Hall–Kier alpha value is -4.36. The Morgan fingerprint density at radius 1 is 0.831 bits per heavy atom. The van der Waals surface area contributed by atoms with Crippen LogP contribution in [0.3, 0.4) is 0 Å². The molecule has 0 amide bonds. The van der Waals surface area contributed by atoms with Crippen LogP contribution >= 0.6 is 0 Å². The van der Waals surface area contributed by atoms with Crippen molar-refractivity contribution in [1.82, 2.24) is 19.5 Å². The number of hydrogen-bond donors (Lipinski definition) is 0. The Labute approximate surface area is 367 Å². The molecule has 59 heavy (non-hydrogen) atoms. The monoisotopic (exact) mass is 1020 g/mol. The fourth-order valence-corrected chi connectivity index (χ4v) is 11.4. The van der Waals surface area contributed by atoms with Gasteiger partial charge in [0.1, 0.15) is 0 Å². The summed E-state index contributed by atoms with van der Waals surface area (Å²) in [6.45, 7) is 21.9. The number of fused-ring (bicyclic) bond motifs is 4. The minimum atomic E-state index is -1.87. The first-order valence-corrected chi connectivity index (χ1v) is 28.1. The van der Waals surface area contributed by atoms with Gasteiger partial charge in [0.25, 0.3) is 0 Å². The van der Waals surface area contributed by atoms with E-state index in [1.54, 1.807) is 4.40 Å². The summed E-state index contributed by atoms with van der Waals surface area (Å²) in [5.41, 5.74) is 16.1. The van der Waals surface area contributed by atoms with Crippen LogP contribution in [-0.4, -0.2) is 32.8 Å². The minimum Gasteiger partial charge on any atom is -0.486 e. The predicted molar refractivity (Wildman–Crippen MR) is 247 cm³/mol. The number of aromatic nitrogens is 4. The second-order valence-corrected chi connectivity index (χ2v) is 29.0. The second-order valence-electron chi connectivity index (χ2n) is 18.4. The van der Waals surface area contributed by atoms with Gasteiger partial charge in [-0.1, -0.05) is 62.4 Å². The van der Waals surface area contributed by atoms with Crippen molar-refractivity contribution in [3.63, 3.8) is 0 Å². The van der Waals surface area contributed by atoms with Crippen molar-refractivity contribution in [2.75, 3.05) is 0 Å². The first kappa shape index (κ1) is 44.2. The number of pyridine rings is 2. The molecule has 8 aromatic rings. The van der Waals surface area contributed by atoms with E-state index in [4.69, 9.17) is 19.4 Å². The number of nitrogens with zero attached hydrogens (tertiary/aromatic N) is 4. The van der Waals surface area contributed by atoms with E-state index in [0.717, 1.165) is 79.3 Å². The minimum absolute atomic E-state index is 0. The van der Waals surface area contributed by atoms with Crippen LogP contribution in [0.4, 0.5) is 0 Å². The van der Waals surface area contributed by atoms with Crippen LogP contribution in [0.25, 0.3) is 61.4 Å². The Kier molecular flexibility index (Phi) is 13.0. The van der Waals surface area contributed by atoms with Crippen LogP contribution in [0.2, 0.25) is 17.3 Å². The molecule has 5 nitrogen and oxygen atoms in total. The van der Waals surface area contributed by atoms with Crippen molar-refractivity contribution >= 4 is 50.8 Å². The smallest absolute Gasteiger partial charge is 0.216 e. The zero-order chi connectivity index (χ0) is 41.7. The van der Waals surface area contributed by atoms with E-state index in [9.17, 15) is 0 Å². The predicted octanol–water partition coefficient (Wildman–Crippen LogP) is 13.3. The average Bonchev–Trinajstić information content (AvgIpc) is 3.73. The van der Waals surface area contributed by atoms with E-state index in [1.807, 2.05) is 18.2 Å². The molecule has 1 unspecified atom stereocenters. The fraction of sp³-hybridized carbons (Fsp3) is 0.327. The maximum absolute atomic E-state index is 6.55. The number of benzene rings is 4. The summed E-state index contributed by atoms with van der Waals surface area (Å²) >= 11 is -1.87. The third-order valence-corrected chi connectivity index (χ3v) is 15.7. The van der Waals surface area contributed by atoms with Crippen LogP contribution in [0.5, 0.6) is 0 Å². The standard InChI is InChI=1S/C33H32N3O.C19H26GeN.Ir/c1-18-9-13-25-26(17-18)36(29-21(4)15-19(2)16-22(29)5)31(34-25)24-11-10-20(3)28-23-12-14-27(33(6,7)8)35-32(23)37-30(24)28;1-6-15(2)12-17-13-19(16-10-8-7-9-11-16)21-14-18(17)20(3,4)5;/h9-10,12-17H,1-8H3;7-10,13-15H,6,12H2,1-5H3;/q2*-1;. The van der Waals surface area contributed by atoms with Crippen molar-refractivity contribution in [2.45, 2.75) is 105 Å². The Morgan fingerprint density at radius 2 is 1.56 bits per heavy atom. The molecule has 0 aliphatic rings. The number of furan rings is 1. The largest absolute Gasteiger partial charge is 0.486 e. The average molecular weight is 1020 g/mol. The SMILES string of the molecule is CCC(C)Cc1cc(-c2[c-]cccc2)nc[c]1[Ge]([CH3])([CH3])[CH3].Cc1cc(C)c(-n2c(-c3[c-]cc(C)c4c3oc3nc(C(C)(C)C)ccc34)nc3ccc(C)cc32)c(C)c1.[Ir]. The molecule has 4 heterocycles. The molecule has 0 aliphatic heterocycles. The molecule has 0 fully saturated rings. The molecule has 4 aromatic heterocycles. The topological polar surface area (TPSA) is 56.7 Å². The van der Waals surface area contributed by atoms with Gasteiger partial charge in [-0.05, 0) is 68.7 Å². The fourth-order valence-electron chi connectivity index (χ4n) is 8.11. The van der Waals surface area contributed by atoms with Gasteiger partial charge >= 0.3 is 132 Å². The zero-order valence-electron chi connectivity index (χ0n) is 37.1. The molecule has 0 bridgehead atoms. The van der Waals surface area contributed by atoms with Crippen molar-refractivity contribution in [2.24, 2.45) is 5.92 Å². The molecule has 8 rings (SSSR count). The molecular formula is C52H58GeIrN4O-2. The third kappa shape index (κ3) is 9.06. The van der Waals surface area contributed by atoms with Crippen molar-refractivity contribution in [3.05, 3.63) is 136 Å². The van der Waals surface area contributed by atoms with Crippen molar-refractivity contribution in [1.29, 1.82) is 0 Å². The van der Waals surface area contributed by atoms with E-state index in [2.05, 4.69) is 170 Å². The van der Waals surface area contributed by atoms with Crippen LogP contribution < -0.4 is 4.40 Å². The van der Waals surface area contributed by atoms with Gasteiger partial charge in [-0.3, -0.25) is 4.98 Å². The summed E-state index contributed by atoms with van der Waals surface area (Å²) < 4.78 is 10.4. The van der Waals surface area contributed by atoms with Gasteiger partial charge in [0.05, 0.1) is 22.4 Å². The third-order valence-electron chi connectivity index (χ3n) is 11.3. The summed E-state index contributed by atoms with van der Waals surface area (Å²) in [7, 11) is 0. The number of rotatable bonds is 7. The van der Waals surface area contributed by atoms with Crippen molar-refractivity contribution < 1.29 is 24.5 Å². The summed E-state index contributed by atoms with van der Waals surface area (Å²) in [4.78, 5) is 14.8. The summed E-state index contributed by atoms with van der Waals surface area (Å²) in [6, 6.07) is 34.5. The van der Waals surface area contributed by atoms with Crippen LogP contribution in [0, 0.1) is 52.7 Å². The summed E-state index contributed by atoms with van der Waals surface area (Å²) in [5.74, 6) is 8.90. The molecule has 1 radical (unpaired) electrons. The molecule has 0 aliphatic carbocycles. The normalized spacial score (nSPS) is 12.4. The van der Waals surface area contributed by atoms with Gasteiger partial charge < -0.3 is 8.98 Å². The first-order valence-electron chi connectivity index (χ1n) is 20.7. The molecule has 1 atom stereocenters. The Balaban J connectivity index is 0.000000227. The Morgan fingerprint density at radius 3 is 2.20 bits per heavy atom. The maximum atomic E-state index is 6.55. The van der Waals surface area contributed by atoms with Crippen LogP contribution in [-0.2, 0) is 31.9 Å². The molecule has 307 valence electrons. The van der Waals surface area contributed by atoms with E-state index in [0.29, 0.717) is 5.71 Å². The van der Waals surface area contributed by atoms with E-state index >= 15 is 0 Å². The number of hydrogen-bond acceptors (Lipinski definition) is 4. The molecule has 0 saturated heterocycles. The van der Waals surface area contributed by atoms with Crippen LogP contribution in [0.1, 0.15) is 80.1 Å². The second kappa shape index (κ2) is 17.3. The van der Waals surface area contributed by atoms with Crippen molar-refractivity contribution in [3.8, 4) is 28.3 Å². The van der Waals surface area contributed by atoms with E-state index < -0.39 is 13.3 Å². The summed E-state index contributed by atoms with van der Waals surface area (Å²) in [6.07, 6.45) is 4.54. The van der Waals surface area contributed by atoms with Gasteiger partial charge in [-0.25, -0.2) is 4.98 Å². The summed E-state index contributed by atoms with van der Waals surface area (Å²) in [5, 5.41) is 2.10. The quantitative estimate of drug-likeness (QED) is 0.118. The van der Waals surface area contributed by atoms with Gasteiger partial charge in [0.15, 0.2) is 0 Å². The van der Waals surface area contributed by atoms with E-state index in [1.165, 1.54) is 34.2 Å². The van der Waals surface area contributed by atoms with Crippen LogP contribution in [0.15, 0.2) is 89.5 Å². The molecule has 7 heteroatoms. The maximum Gasteiger partial charge on any atom is 0.216 e. The Bertz CT molecular complexity index is 2760. The number of aryl methyl sites for hydroxylation is 5. The van der Waals surface area contributed by atoms with Gasteiger partial charge in [-0.15, -0.1) is 17.7 Å². The van der Waals surface area contributed by atoms with Gasteiger partial charge in [0.2, 0.25) is 5.71 Å². The zero-order valence-corrected chi connectivity index (χ0v) is 41.6. The molecule has 0 saturated carbocycles. The molecular weight excluding hydrogens is 961 g/mol. The molecule has 0 N–H and O–H groups in total. The molecule has 4 aromatic carbocycles. The van der Waals surface area contributed by atoms with Gasteiger partial charge in [-0.2, -0.15) is 0 Å². The molecule has 0 spiro atoms. The van der Waals surface area contributed by atoms with E-state index in [-0.39, 0.29) is 25.5 Å². The number of imidazole rings is 1. The van der Waals surface area contributed by atoms with Gasteiger partial charge in [0, 0.05) is 42.3 Å². The first-order chi connectivity index (χ1) is 27.4.